The third-order valence-corrected chi connectivity index (χ3v) is 2.50. The van der Waals surface area contributed by atoms with Gasteiger partial charge in [0.15, 0.2) is 5.82 Å². The third-order valence-electron chi connectivity index (χ3n) is 1.74. The highest BCUT2D eigenvalue weighted by Crippen LogP contribution is 2.16. The Bertz CT molecular complexity index is 397. The van der Waals surface area contributed by atoms with E-state index in [1.807, 2.05) is 0 Å². The van der Waals surface area contributed by atoms with Gasteiger partial charge >= 0.3 is 0 Å². The second kappa shape index (κ2) is 4.26. The molecule has 0 bridgehead atoms. The molecule has 0 fully saturated rings. The number of anilines is 2. The van der Waals surface area contributed by atoms with E-state index in [4.69, 9.17) is 10.3 Å². The summed E-state index contributed by atoms with van der Waals surface area (Å²) in [6, 6.07) is 1.80. The Morgan fingerprint density at radius 1 is 1.60 bits per heavy atom. The molecule has 0 aliphatic carbocycles. The van der Waals surface area contributed by atoms with Crippen molar-refractivity contribution in [3.8, 4) is 0 Å². The highest BCUT2D eigenvalue weighted by molar-refractivity contribution is 7.10. The maximum absolute atomic E-state index is 5.48. The monoisotopic (exact) mass is 225 g/mol. The number of aromatic nitrogens is 3. The van der Waals surface area contributed by atoms with Gasteiger partial charge in [-0.2, -0.15) is 9.36 Å². The Labute approximate surface area is 90.7 Å². The van der Waals surface area contributed by atoms with Gasteiger partial charge in [0.1, 0.15) is 10.8 Å². The zero-order chi connectivity index (χ0) is 10.7. The summed E-state index contributed by atoms with van der Waals surface area (Å²) in [6.45, 7) is 2.52. The summed E-state index contributed by atoms with van der Waals surface area (Å²) in [5, 5.41) is 7.82. The summed E-state index contributed by atoms with van der Waals surface area (Å²) < 4.78 is 8.92. The minimum Gasteiger partial charge on any atom is -0.383 e. The van der Waals surface area contributed by atoms with Crippen LogP contribution in [0.1, 0.15) is 11.7 Å². The Morgan fingerprint density at radius 2 is 2.47 bits per heavy atom. The van der Waals surface area contributed by atoms with Crippen LogP contribution in [0.5, 0.6) is 0 Å². The summed E-state index contributed by atoms with van der Waals surface area (Å²) >= 11 is 1.34. The van der Waals surface area contributed by atoms with E-state index in [0.29, 0.717) is 24.0 Å². The van der Waals surface area contributed by atoms with Crippen molar-refractivity contribution in [2.45, 2.75) is 13.3 Å². The van der Waals surface area contributed by atoms with Crippen molar-refractivity contribution < 1.29 is 4.52 Å². The van der Waals surface area contributed by atoms with Crippen molar-refractivity contribution >= 4 is 22.4 Å². The van der Waals surface area contributed by atoms with Gasteiger partial charge in [0, 0.05) is 19.0 Å². The van der Waals surface area contributed by atoms with Crippen molar-refractivity contribution in [1.82, 2.24) is 14.5 Å². The minimum atomic E-state index is 0.538. The molecule has 0 atom stereocenters. The molecule has 0 aromatic carbocycles. The quantitative estimate of drug-likeness (QED) is 0.809. The van der Waals surface area contributed by atoms with Crippen molar-refractivity contribution in [1.29, 1.82) is 0 Å². The number of rotatable bonds is 4. The van der Waals surface area contributed by atoms with E-state index < -0.39 is 0 Å². The van der Waals surface area contributed by atoms with Gasteiger partial charge in [0.25, 0.3) is 0 Å². The largest absolute Gasteiger partial charge is 0.383 e. The van der Waals surface area contributed by atoms with Crippen LogP contribution in [0.4, 0.5) is 10.8 Å². The Kier molecular flexibility index (Phi) is 2.82. The normalized spacial score (nSPS) is 10.5. The molecular formula is C8H11N5OS. The summed E-state index contributed by atoms with van der Waals surface area (Å²) in [5.41, 5.74) is 5.48. The molecule has 0 unspecified atom stereocenters. The van der Waals surface area contributed by atoms with Crippen molar-refractivity contribution in [2.75, 3.05) is 17.6 Å². The van der Waals surface area contributed by atoms with E-state index in [2.05, 4.69) is 19.8 Å². The zero-order valence-corrected chi connectivity index (χ0v) is 9.04. The van der Waals surface area contributed by atoms with Crippen LogP contribution in [0.15, 0.2) is 10.6 Å². The average Bonchev–Trinajstić information content (AvgIpc) is 2.76. The summed E-state index contributed by atoms with van der Waals surface area (Å²) in [6.07, 6.45) is 0.693. The van der Waals surface area contributed by atoms with Crippen LogP contribution in [0, 0.1) is 6.92 Å². The number of nitrogens with one attached hydrogen (secondary N) is 1. The summed E-state index contributed by atoms with van der Waals surface area (Å²) in [4.78, 5) is 4.09. The van der Waals surface area contributed by atoms with Crippen LogP contribution in [0.2, 0.25) is 0 Å². The van der Waals surface area contributed by atoms with Crippen LogP contribution in [-0.2, 0) is 6.42 Å². The van der Waals surface area contributed by atoms with Crippen molar-refractivity contribution in [3.63, 3.8) is 0 Å². The minimum absolute atomic E-state index is 0.538. The maximum Gasteiger partial charge on any atom is 0.228 e. The molecule has 2 heterocycles. The van der Waals surface area contributed by atoms with Gasteiger partial charge in [0.05, 0.1) is 0 Å². The van der Waals surface area contributed by atoms with Gasteiger partial charge < -0.3 is 15.6 Å². The lowest BCUT2D eigenvalue weighted by molar-refractivity contribution is 0.377. The topological polar surface area (TPSA) is 89.9 Å². The zero-order valence-electron chi connectivity index (χ0n) is 8.23. The van der Waals surface area contributed by atoms with Crippen LogP contribution < -0.4 is 11.1 Å². The second-order valence-corrected chi connectivity index (χ2v) is 3.83. The predicted molar refractivity (Wildman–Crippen MR) is 57.8 cm³/mol. The molecule has 0 spiro atoms. The number of nitrogens with zero attached hydrogens (tertiary/aromatic N) is 3. The molecule has 0 saturated heterocycles. The molecule has 0 aliphatic heterocycles. The van der Waals surface area contributed by atoms with E-state index in [1.54, 1.807) is 13.0 Å². The van der Waals surface area contributed by atoms with Gasteiger partial charge in [-0.1, -0.05) is 5.16 Å². The van der Waals surface area contributed by atoms with E-state index >= 15 is 0 Å². The lowest BCUT2D eigenvalue weighted by atomic mass is 10.4. The fourth-order valence-corrected chi connectivity index (χ4v) is 1.70. The third kappa shape index (κ3) is 2.66. The maximum atomic E-state index is 5.48. The summed E-state index contributed by atoms with van der Waals surface area (Å²) in [7, 11) is 0. The number of nitrogens with two attached hydrogens (primary N) is 1. The highest BCUT2D eigenvalue weighted by Gasteiger charge is 2.02. The molecule has 3 N–H and O–H groups in total. The van der Waals surface area contributed by atoms with Gasteiger partial charge in [-0.25, -0.2) is 0 Å². The van der Waals surface area contributed by atoms with Crippen LogP contribution in [-0.4, -0.2) is 21.1 Å². The molecule has 80 valence electrons. The molecule has 2 aromatic rings. The second-order valence-electron chi connectivity index (χ2n) is 3.03. The number of aryl methyl sites for hydroxylation is 1. The number of hydrogen-bond acceptors (Lipinski definition) is 7. The molecule has 0 aliphatic rings. The Morgan fingerprint density at radius 3 is 3.07 bits per heavy atom. The standard InChI is InChI=1S/C8H11N5OS/c1-5-11-7(14-12-5)2-3-10-8-4-6(9)13-15-8/h4,10H,2-3H2,1H3,(H2,9,13). The molecule has 0 radical (unpaired) electrons. The van der Waals surface area contributed by atoms with Crippen LogP contribution >= 0.6 is 11.5 Å². The molecule has 15 heavy (non-hydrogen) atoms. The SMILES string of the molecule is Cc1noc(CCNc2cc(N)ns2)n1. The van der Waals surface area contributed by atoms with Crippen LogP contribution in [0.3, 0.4) is 0 Å². The molecule has 6 nitrogen and oxygen atoms in total. The summed E-state index contributed by atoms with van der Waals surface area (Å²) in [5.74, 6) is 1.83. The predicted octanol–water partition coefficient (Wildman–Crippen LogP) is 1.07. The van der Waals surface area contributed by atoms with Crippen molar-refractivity contribution in [3.05, 3.63) is 17.8 Å². The van der Waals surface area contributed by atoms with E-state index in [1.165, 1.54) is 11.5 Å². The molecule has 2 aromatic heterocycles. The average molecular weight is 225 g/mol. The Hall–Kier alpha value is -1.63. The van der Waals surface area contributed by atoms with Gasteiger partial charge in [-0.15, -0.1) is 0 Å². The number of nitrogen functional groups attached to an aromatic ring is 1. The first-order valence-corrected chi connectivity index (χ1v) is 5.26. The smallest absolute Gasteiger partial charge is 0.228 e. The van der Waals surface area contributed by atoms with E-state index in [9.17, 15) is 0 Å². The van der Waals surface area contributed by atoms with E-state index in [0.717, 1.165) is 11.5 Å². The Balaban J connectivity index is 1.80. The van der Waals surface area contributed by atoms with Gasteiger partial charge in [-0.05, 0) is 18.5 Å². The first-order chi connectivity index (χ1) is 7.24. The molecule has 2 rings (SSSR count). The molecule has 0 amide bonds. The lowest BCUT2D eigenvalue weighted by Gasteiger charge is -1.98. The van der Waals surface area contributed by atoms with E-state index in [-0.39, 0.29) is 0 Å². The van der Waals surface area contributed by atoms with Crippen LogP contribution in [0.25, 0.3) is 0 Å². The fraction of sp³-hybridized carbons (Fsp3) is 0.375. The molecule has 0 saturated carbocycles. The lowest BCUT2D eigenvalue weighted by Crippen LogP contribution is -2.03. The first kappa shape index (κ1) is 9.91. The fourth-order valence-electron chi connectivity index (χ4n) is 1.11. The molecule has 7 heteroatoms. The molecular weight excluding hydrogens is 214 g/mol. The van der Waals surface area contributed by atoms with Gasteiger partial charge in [0.2, 0.25) is 5.89 Å². The first-order valence-electron chi connectivity index (χ1n) is 4.49. The number of hydrogen-bond donors (Lipinski definition) is 2. The van der Waals surface area contributed by atoms with Gasteiger partial charge in [-0.3, -0.25) is 0 Å². The highest BCUT2D eigenvalue weighted by atomic mass is 32.1. The van der Waals surface area contributed by atoms with Crippen molar-refractivity contribution in [2.24, 2.45) is 0 Å².